The Bertz CT molecular complexity index is 1230. The van der Waals surface area contributed by atoms with E-state index in [1.165, 1.54) is 18.2 Å². The maximum Gasteiger partial charge on any atom is 0.573 e. The summed E-state index contributed by atoms with van der Waals surface area (Å²) in [6.07, 6.45) is -0.957. The first kappa shape index (κ1) is 23.8. The quantitative estimate of drug-likeness (QED) is 0.284. The van der Waals surface area contributed by atoms with E-state index in [0.717, 1.165) is 48.1 Å². The van der Waals surface area contributed by atoms with Crippen molar-refractivity contribution in [3.8, 4) is 17.6 Å². The molecule has 1 unspecified atom stereocenters. The standard InChI is InChI=1S/C28H23F5O/c1-2-3-19-7-13-25(27(30)14-19)21-10-9-20-15-22(26(29)17-23(20)16-21)8-4-18-5-11-24(12-6-18)34-28(31,32)33/h5-7,11-15,17,21H,2-3,9-10,16H2,1H3. The van der Waals surface area contributed by atoms with Gasteiger partial charge in [0.2, 0.25) is 0 Å². The van der Waals surface area contributed by atoms with Crippen LogP contribution in [0.15, 0.2) is 54.6 Å². The lowest BCUT2D eigenvalue weighted by molar-refractivity contribution is -0.274. The molecule has 0 radical (unpaired) electrons. The van der Waals surface area contributed by atoms with Crippen molar-refractivity contribution in [2.75, 3.05) is 0 Å². The predicted molar refractivity (Wildman–Crippen MR) is 121 cm³/mol. The van der Waals surface area contributed by atoms with E-state index in [0.29, 0.717) is 24.0 Å². The predicted octanol–water partition coefficient (Wildman–Crippen LogP) is 7.49. The van der Waals surface area contributed by atoms with E-state index >= 15 is 0 Å². The molecule has 0 saturated heterocycles. The Hall–Kier alpha value is -3.33. The molecule has 0 spiro atoms. The van der Waals surface area contributed by atoms with Crippen molar-refractivity contribution >= 4 is 0 Å². The number of fused-ring (bicyclic) bond motifs is 1. The van der Waals surface area contributed by atoms with Crippen molar-refractivity contribution in [3.05, 3.63) is 99.6 Å². The van der Waals surface area contributed by atoms with E-state index in [-0.39, 0.29) is 23.0 Å². The van der Waals surface area contributed by atoms with Gasteiger partial charge in [0.15, 0.2) is 0 Å². The Kier molecular flexibility index (Phi) is 6.92. The van der Waals surface area contributed by atoms with Crippen LogP contribution in [0.25, 0.3) is 0 Å². The Morgan fingerprint density at radius 1 is 0.912 bits per heavy atom. The van der Waals surface area contributed by atoms with Crippen molar-refractivity contribution in [2.24, 2.45) is 0 Å². The van der Waals surface area contributed by atoms with Crippen LogP contribution in [0, 0.1) is 23.5 Å². The van der Waals surface area contributed by atoms with E-state index in [2.05, 4.69) is 23.5 Å². The molecule has 6 heteroatoms. The number of hydrogen-bond acceptors (Lipinski definition) is 1. The zero-order valence-corrected chi connectivity index (χ0v) is 18.6. The van der Waals surface area contributed by atoms with E-state index in [1.54, 1.807) is 12.1 Å². The number of benzene rings is 3. The maximum absolute atomic E-state index is 14.8. The van der Waals surface area contributed by atoms with Crippen LogP contribution in [-0.2, 0) is 19.3 Å². The molecular formula is C28H23F5O. The highest BCUT2D eigenvalue weighted by Gasteiger charge is 2.31. The molecule has 4 rings (SSSR count). The van der Waals surface area contributed by atoms with E-state index in [4.69, 9.17) is 0 Å². The van der Waals surface area contributed by atoms with E-state index in [1.807, 2.05) is 12.1 Å². The molecule has 1 aliphatic carbocycles. The minimum atomic E-state index is -4.76. The lowest BCUT2D eigenvalue weighted by Gasteiger charge is -2.26. The summed E-state index contributed by atoms with van der Waals surface area (Å²) in [5.41, 5.74) is 4.16. The molecule has 0 aliphatic heterocycles. The van der Waals surface area contributed by atoms with E-state index in [9.17, 15) is 22.0 Å². The molecule has 1 nitrogen and oxygen atoms in total. The second-order valence-electron chi connectivity index (χ2n) is 8.47. The van der Waals surface area contributed by atoms with Crippen LogP contribution in [0.2, 0.25) is 0 Å². The van der Waals surface area contributed by atoms with Crippen LogP contribution in [0.1, 0.15) is 59.1 Å². The molecule has 1 aliphatic rings. The highest BCUT2D eigenvalue weighted by molar-refractivity contribution is 5.48. The lowest BCUT2D eigenvalue weighted by Crippen LogP contribution is -2.16. The summed E-state index contributed by atoms with van der Waals surface area (Å²) in [5.74, 6) is 4.53. The van der Waals surface area contributed by atoms with Gasteiger partial charge in [0.05, 0.1) is 5.56 Å². The van der Waals surface area contributed by atoms with Gasteiger partial charge in [-0.15, -0.1) is 13.2 Å². The molecule has 3 aromatic rings. The van der Waals surface area contributed by atoms with Gasteiger partial charge >= 0.3 is 6.36 Å². The SMILES string of the molecule is CCCc1ccc(C2CCc3cc(C#Cc4ccc(OC(F)(F)F)cc4)c(F)cc3C2)c(F)c1. The lowest BCUT2D eigenvalue weighted by atomic mass is 9.79. The molecule has 0 heterocycles. The van der Waals surface area contributed by atoms with Crippen molar-refractivity contribution in [3.63, 3.8) is 0 Å². The first-order valence-corrected chi connectivity index (χ1v) is 11.2. The smallest absolute Gasteiger partial charge is 0.406 e. The summed E-state index contributed by atoms with van der Waals surface area (Å²) in [4.78, 5) is 0. The van der Waals surface area contributed by atoms with Crippen LogP contribution in [-0.4, -0.2) is 6.36 Å². The van der Waals surface area contributed by atoms with Gasteiger partial charge in [-0.05, 0) is 96.3 Å². The third kappa shape index (κ3) is 5.77. The zero-order chi connectivity index (χ0) is 24.3. The van der Waals surface area contributed by atoms with Gasteiger partial charge in [0.25, 0.3) is 0 Å². The molecule has 3 aromatic carbocycles. The fourth-order valence-electron chi connectivity index (χ4n) is 4.37. The number of halogens is 5. The van der Waals surface area contributed by atoms with Crippen LogP contribution in [0.3, 0.4) is 0 Å². The minimum Gasteiger partial charge on any atom is -0.406 e. The molecule has 0 N–H and O–H groups in total. The molecule has 0 saturated carbocycles. The van der Waals surface area contributed by atoms with Crippen LogP contribution >= 0.6 is 0 Å². The average molecular weight is 470 g/mol. The Morgan fingerprint density at radius 3 is 2.35 bits per heavy atom. The third-order valence-electron chi connectivity index (χ3n) is 5.99. The summed E-state index contributed by atoms with van der Waals surface area (Å²) >= 11 is 0. The monoisotopic (exact) mass is 470 g/mol. The van der Waals surface area contributed by atoms with Gasteiger partial charge in [-0.2, -0.15) is 0 Å². The molecule has 176 valence electrons. The zero-order valence-electron chi connectivity index (χ0n) is 18.6. The van der Waals surface area contributed by atoms with Gasteiger partial charge in [-0.25, -0.2) is 8.78 Å². The van der Waals surface area contributed by atoms with Gasteiger partial charge in [0.1, 0.15) is 17.4 Å². The Balaban J connectivity index is 1.50. The fraction of sp³-hybridized carbons (Fsp3) is 0.286. The second kappa shape index (κ2) is 9.89. The molecule has 0 amide bonds. The number of aryl methyl sites for hydroxylation is 2. The van der Waals surface area contributed by atoms with Gasteiger partial charge in [-0.3, -0.25) is 0 Å². The minimum absolute atomic E-state index is 0.00283. The highest BCUT2D eigenvalue weighted by atomic mass is 19.4. The second-order valence-corrected chi connectivity index (χ2v) is 8.47. The number of ether oxygens (including phenoxy) is 1. The maximum atomic E-state index is 14.8. The molecule has 0 fully saturated rings. The summed E-state index contributed by atoms with van der Waals surface area (Å²) in [7, 11) is 0. The Morgan fingerprint density at radius 2 is 1.68 bits per heavy atom. The van der Waals surface area contributed by atoms with E-state index < -0.39 is 12.2 Å². The molecular weight excluding hydrogens is 447 g/mol. The first-order valence-electron chi connectivity index (χ1n) is 11.2. The van der Waals surface area contributed by atoms with Crippen LogP contribution in [0.4, 0.5) is 22.0 Å². The first-order chi connectivity index (χ1) is 16.2. The van der Waals surface area contributed by atoms with Crippen LogP contribution < -0.4 is 4.74 Å². The summed E-state index contributed by atoms with van der Waals surface area (Å²) in [6.45, 7) is 2.06. The van der Waals surface area contributed by atoms with Gasteiger partial charge in [-0.1, -0.05) is 37.3 Å². The summed E-state index contributed by atoms with van der Waals surface area (Å²) < 4.78 is 70.1. The highest BCUT2D eigenvalue weighted by Crippen LogP contribution is 2.35. The number of alkyl halides is 3. The Labute approximate surface area is 195 Å². The normalized spacial score (nSPS) is 15.3. The topological polar surface area (TPSA) is 9.23 Å². The third-order valence-corrected chi connectivity index (χ3v) is 5.99. The summed E-state index contributed by atoms with van der Waals surface area (Å²) in [5, 5.41) is 0. The number of rotatable bonds is 4. The van der Waals surface area contributed by atoms with Crippen LogP contribution in [0.5, 0.6) is 5.75 Å². The molecule has 1 atom stereocenters. The fourth-order valence-corrected chi connectivity index (χ4v) is 4.37. The average Bonchev–Trinajstić information content (AvgIpc) is 2.78. The summed E-state index contributed by atoms with van der Waals surface area (Å²) in [6, 6.07) is 13.7. The van der Waals surface area contributed by atoms with Crippen molar-refractivity contribution in [1.82, 2.24) is 0 Å². The van der Waals surface area contributed by atoms with Gasteiger partial charge < -0.3 is 4.74 Å². The number of hydrogen-bond donors (Lipinski definition) is 0. The molecule has 0 aromatic heterocycles. The van der Waals surface area contributed by atoms with Crippen molar-refractivity contribution in [2.45, 2.75) is 51.3 Å². The molecule has 34 heavy (non-hydrogen) atoms. The van der Waals surface area contributed by atoms with Gasteiger partial charge in [0, 0.05) is 5.56 Å². The largest absolute Gasteiger partial charge is 0.573 e. The van der Waals surface area contributed by atoms with Crippen molar-refractivity contribution in [1.29, 1.82) is 0 Å². The van der Waals surface area contributed by atoms with Crippen molar-refractivity contribution < 1.29 is 26.7 Å². The molecule has 0 bridgehead atoms.